The fourth-order valence-electron chi connectivity index (χ4n) is 3.98. The van der Waals surface area contributed by atoms with Crippen LogP contribution < -0.4 is 5.32 Å². The van der Waals surface area contributed by atoms with Gasteiger partial charge in [0.1, 0.15) is 5.69 Å². The van der Waals surface area contributed by atoms with Crippen molar-refractivity contribution in [1.29, 1.82) is 0 Å². The molecule has 1 fully saturated rings. The van der Waals surface area contributed by atoms with Gasteiger partial charge < -0.3 is 19.7 Å². The van der Waals surface area contributed by atoms with Gasteiger partial charge in [-0.1, -0.05) is 6.92 Å². The highest BCUT2D eigenvalue weighted by Gasteiger charge is 2.24. The molecule has 0 unspecified atom stereocenters. The van der Waals surface area contributed by atoms with Gasteiger partial charge in [-0.25, -0.2) is 8.42 Å². The summed E-state index contributed by atoms with van der Waals surface area (Å²) in [6.45, 7) is 10.9. The van der Waals surface area contributed by atoms with E-state index in [0.29, 0.717) is 38.3 Å². The second-order valence-corrected chi connectivity index (χ2v) is 9.68. The molecule has 0 atom stereocenters. The van der Waals surface area contributed by atoms with Crippen molar-refractivity contribution < 1.29 is 13.2 Å². The molecule has 3 rings (SSSR count). The number of fused-ring (bicyclic) bond motifs is 1. The van der Waals surface area contributed by atoms with Crippen LogP contribution in [0.3, 0.4) is 0 Å². The molecule has 0 aliphatic carbocycles. The number of hydrogen-bond acceptors (Lipinski definition) is 5. The Morgan fingerprint density at radius 2 is 1.79 bits per heavy atom. The summed E-state index contributed by atoms with van der Waals surface area (Å²) in [6, 6.07) is 3.67. The van der Waals surface area contributed by atoms with Crippen molar-refractivity contribution in [2.75, 3.05) is 58.6 Å². The Hall–Kier alpha value is -1.42. The highest BCUT2D eigenvalue weighted by atomic mass is 32.2. The molecule has 0 bridgehead atoms. The van der Waals surface area contributed by atoms with Crippen molar-refractivity contribution in [2.45, 2.75) is 32.9 Å². The molecule has 2 aliphatic rings. The zero-order valence-electron chi connectivity index (χ0n) is 17.1. The van der Waals surface area contributed by atoms with Gasteiger partial charge in [0, 0.05) is 51.5 Å². The van der Waals surface area contributed by atoms with Gasteiger partial charge >= 0.3 is 0 Å². The van der Waals surface area contributed by atoms with Crippen LogP contribution in [-0.2, 0) is 23.1 Å². The van der Waals surface area contributed by atoms with Gasteiger partial charge in [0.15, 0.2) is 0 Å². The summed E-state index contributed by atoms with van der Waals surface area (Å²) in [4.78, 5) is 17.5. The average Bonchev–Trinajstić information content (AvgIpc) is 2.94. The van der Waals surface area contributed by atoms with E-state index in [-0.39, 0.29) is 5.91 Å². The Bertz CT molecular complexity index is 769. The lowest BCUT2D eigenvalue weighted by molar-refractivity contribution is 0.0938. The van der Waals surface area contributed by atoms with Crippen LogP contribution in [0.2, 0.25) is 0 Å². The number of likely N-dealkylation sites (N-methyl/N-ethyl adjacent to an activating group) is 1. The SMILES string of the molecule is CCN1CCN(CCCNC(=O)c2ccc3n2CCCN(S(C)(=O)=O)C3)CC1. The van der Waals surface area contributed by atoms with E-state index in [4.69, 9.17) is 0 Å². The highest BCUT2D eigenvalue weighted by molar-refractivity contribution is 7.88. The number of nitrogens with zero attached hydrogens (tertiary/aromatic N) is 4. The van der Waals surface area contributed by atoms with Crippen molar-refractivity contribution in [2.24, 2.45) is 0 Å². The molecule has 8 nitrogen and oxygen atoms in total. The number of piperazine rings is 1. The fourth-order valence-corrected chi connectivity index (χ4v) is 4.81. The number of aromatic nitrogens is 1. The molecule has 1 saturated heterocycles. The zero-order chi connectivity index (χ0) is 20.1. The van der Waals surface area contributed by atoms with E-state index in [1.165, 1.54) is 10.6 Å². The maximum atomic E-state index is 12.6. The monoisotopic (exact) mass is 411 g/mol. The van der Waals surface area contributed by atoms with Crippen LogP contribution >= 0.6 is 0 Å². The second-order valence-electron chi connectivity index (χ2n) is 7.70. The lowest BCUT2D eigenvalue weighted by atomic mass is 10.3. The molecular formula is C19H33N5O3S. The number of rotatable bonds is 7. The van der Waals surface area contributed by atoms with Crippen molar-refractivity contribution in [3.63, 3.8) is 0 Å². The van der Waals surface area contributed by atoms with Gasteiger partial charge in [0.25, 0.3) is 5.91 Å². The third-order valence-corrected chi connectivity index (χ3v) is 7.00. The van der Waals surface area contributed by atoms with Crippen LogP contribution in [0.4, 0.5) is 0 Å². The molecule has 1 aromatic rings. The Kier molecular flexibility index (Phi) is 7.14. The normalized spacial score (nSPS) is 19.9. The number of carbonyl (C=O) groups excluding carboxylic acids is 1. The number of sulfonamides is 1. The van der Waals surface area contributed by atoms with E-state index in [1.807, 2.05) is 10.6 Å². The van der Waals surface area contributed by atoms with Crippen LogP contribution in [0, 0.1) is 0 Å². The minimum Gasteiger partial charge on any atom is -0.351 e. The summed E-state index contributed by atoms with van der Waals surface area (Å²) in [5.41, 5.74) is 1.50. The number of amides is 1. The molecule has 0 aromatic carbocycles. The van der Waals surface area contributed by atoms with Gasteiger partial charge in [0.05, 0.1) is 12.8 Å². The molecule has 2 aliphatic heterocycles. The predicted molar refractivity (Wildman–Crippen MR) is 110 cm³/mol. The molecule has 9 heteroatoms. The molecule has 3 heterocycles. The third-order valence-electron chi connectivity index (χ3n) is 5.75. The van der Waals surface area contributed by atoms with Crippen LogP contribution in [0.1, 0.15) is 35.9 Å². The van der Waals surface area contributed by atoms with Gasteiger partial charge in [-0.05, 0) is 38.1 Å². The van der Waals surface area contributed by atoms with Gasteiger partial charge in [-0.15, -0.1) is 0 Å². The van der Waals surface area contributed by atoms with Crippen molar-refractivity contribution >= 4 is 15.9 Å². The molecule has 0 radical (unpaired) electrons. The molecule has 28 heavy (non-hydrogen) atoms. The molecular weight excluding hydrogens is 378 g/mol. The first-order chi connectivity index (χ1) is 13.4. The summed E-state index contributed by atoms with van der Waals surface area (Å²) in [6.07, 6.45) is 2.88. The fraction of sp³-hybridized carbons (Fsp3) is 0.737. The van der Waals surface area contributed by atoms with Gasteiger partial charge in [0.2, 0.25) is 10.0 Å². The Balaban J connectivity index is 1.47. The Labute approximate surface area is 168 Å². The van der Waals surface area contributed by atoms with Crippen LogP contribution in [-0.4, -0.2) is 91.6 Å². The number of hydrogen-bond donors (Lipinski definition) is 1. The second kappa shape index (κ2) is 9.39. The minimum absolute atomic E-state index is 0.0742. The lowest BCUT2D eigenvalue weighted by Gasteiger charge is -2.33. The maximum Gasteiger partial charge on any atom is 0.267 e. The summed E-state index contributed by atoms with van der Waals surface area (Å²) >= 11 is 0. The highest BCUT2D eigenvalue weighted by Crippen LogP contribution is 2.18. The zero-order valence-corrected chi connectivity index (χ0v) is 17.9. The summed E-state index contributed by atoms with van der Waals surface area (Å²) < 4.78 is 27.2. The first-order valence-electron chi connectivity index (χ1n) is 10.2. The topological polar surface area (TPSA) is 77.9 Å². The maximum absolute atomic E-state index is 12.6. The van der Waals surface area contributed by atoms with E-state index in [0.717, 1.165) is 51.4 Å². The number of carbonyl (C=O) groups is 1. The summed E-state index contributed by atoms with van der Waals surface area (Å²) in [5, 5.41) is 3.03. The lowest BCUT2D eigenvalue weighted by Crippen LogP contribution is -2.46. The largest absolute Gasteiger partial charge is 0.351 e. The first-order valence-corrected chi connectivity index (χ1v) is 12.1. The minimum atomic E-state index is -3.22. The Morgan fingerprint density at radius 1 is 1.07 bits per heavy atom. The standard InChI is InChI=1S/C19H33N5O3S/c1-3-21-12-14-22(15-13-21)9-4-8-20-19(25)18-7-6-17-16-23(28(2,26)27)10-5-11-24(17)18/h6-7H,3-5,8-16H2,1-2H3,(H,20,25). The molecule has 1 aromatic heterocycles. The summed E-state index contributed by atoms with van der Waals surface area (Å²) in [7, 11) is -3.22. The predicted octanol–water partition coefficient (Wildman–Crippen LogP) is 0.411. The molecule has 1 N–H and O–H groups in total. The van der Waals surface area contributed by atoms with E-state index >= 15 is 0 Å². The van der Waals surface area contributed by atoms with E-state index in [9.17, 15) is 13.2 Å². The summed E-state index contributed by atoms with van der Waals surface area (Å²) in [5.74, 6) is -0.0742. The molecule has 0 spiro atoms. The third kappa shape index (κ3) is 5.34. The molecule has 158 valence electrons. The van der Waals surface area contributed by atoms with Crippen molar-refractivity contribution in [1.82, 2.24) is 24.0 Å². The van der Waals surface area contributed by atoms with E-state index in [1.54, 1.807) is 6.07 Å². The smallest absolute Gasteiger partial charge is 0.267 e. The van der Waals surface area contributed by atoms with Crippen LogP contribution in [0.25, 0.3) is 0 Å². The quantitative estimate of drug-likeness (QED) is 0.658. The van der Waals surface area contributed by atoms with Crippen LogP contribution in [0.15, 0.2) is 12.1 Å². The van der Waals surface area contributed by atoms with Gasteiger partial charge in [-0.3, -0.25) is 4.79 Å². The molecule has 0 saturated carbocycles. The van der Waals surface area contributed by atoms with Gasteiger partial charge in [-0.2, -0.15) is 4.31 Å². The first kappa shape index (κ1) is 21.3. The van der Waals surface area contributed by atoms with Crippen molar-refractivity contribution in [3.05, 3.63) is 23.5 Å². The van der Waals surface area contributed by atoms with Crippen LogP contribution in [0.5, 0.6) is 0 Å². The van der Waals surface area contributed by atoms with E-state index < -0.39 is 10.0 Å². The number of nitrogens with one attached hydrogen (secondary N) is 1. The van der Waals surface area contributed by atoms with E-state index in [2.05, 4.69) is 22.0 Å². The Morgan fingerprint density at radius 3 is 2.46 bits per heavy atom. The molecule has 1 amide bonds. The van der Waals surface area contributed by atoms with Crippen molar-refractivity contribution in [3.8, 4) is 0 Å². The average molecular weight is 412 g/mol.